The number of aromatic nitrogens is 1. The summed E-state index contributed by atoms with van der Waals surface area (Å²) in [5.74, 6) is 0.374. The van der Waals surface area contributed by atoms with Gasteiger partial charge in [0.1, 0.15) is 5.75 Å². The van der Waals surface area contributed by atoms with Crippen LogP contribution in [0.15, 0.2) is 42.5 Å². The summed E-state index contributed by atoms with van der Waals surface area (Å²) in [6.45, 7) is 4.87. The number of hydrogen-bond acceptors (Lipinski definition) is 3. The molecule has 1 aliphatic rings. The molecule has 2 amide bonds. The van der Waals surface area contributed by atoms with Gasteiger partial charge >= 0.3 is 0 Å². The highest BCUT2D eigenvalue weighted by atomic mass is 16.5. The summed E-state index contributed by atoms with van der Waals surface area (Å²) in [5, 5.41) is 3.86. The predicted octanol–water partition coefficient (Wildman–Crippen LogP) is 3.50. The lowest BCUT2D eigenvalue weighted by Crippen LogP contribution is -2.54. The third-order valence-corrected chi connectivity index (χ3v) is 5.43. The summed E-state index contributed by atoms with van der Waals surface area (Å²) in [6, 6.07) is 13.0. The van der Waals surface area contributed by atoms with E-state index in [0.717, 1.165) is 22.2 Å². The molecule has 4 rings (SSSR count). The third-order valence-electron chi connectivity index (χ3n) is 5.43. The van der Waals surface area contributed by atoms with Crippen LogP contribution in [0.2, 0.25) is 0 Å². The molecular weight excluding hydrogens is 354 g/mol. The summed E-state index contributed by atoms with van der Waals surface area (Å²) in [4.78, 5) is 30.5. The highest BCUT2D eigenvalue weighted by Gasteiger charge is 2.36. The second-order valence-electron chi connectivity index (χ2n) is 7.23. The number of amides is 2. The van der Waals surface area contributed by atoms with Gasteiger partial charge in [-0.15, -0.1) is 0 Å². The zero-order valence-corrected chi connectivity index (χ0v) is 16.2. The fraction of sp³-hybridized carbons (Fsp3) is 0.273. The number of likely N-dealkylation sites (tertiary alicyclic amines) is 1. The van der Waals surface area contributed by atoms with Crippen molar-refractivity contribution in [1.82, 2.24) is 9.88 Å². The molecule has 0 aliphatic carbocycles. The number of carbonyl (C=O) groups excluding carboxylic acids is 2. The van der Waals surface area contributed by atoms with Crippen LogP contribution in [0.1, 0.15) is 21.6 Å². The first-order chi connectivity index (χ1) is 13.5. The minimum atomic E-state index is -0.205. The summed E-state index contributed by atoms with van der Waals surface area (Å²) in [7, 11) is 1.59. The standard InChI is InChI=1S/C22H23N3O3/c1-13-14(2)23-19-9-5-8-18(20(13)19)22(27)25-11-15(12-25)21(26)24-16-6-4-7-17(10-16)28-3/h4-10,15,23H,11-12H2,1-3H3,(H,24,26). The maximum atomic E-state index is 13.0. The molecule has 0 saturated carbocycles. The molecule has 1 aromatic heterocycles. The number of benzene rings is 2. The molecule has 1 saturated heterocycles. The molecule has 0 spiro atoms. The topological polar surface area (TPSA) is 74.4 Å². The molecule has 28 heavy (non-hydrogen) atoms. The van der Waals surface area contributed by atoms with Crippen molar-refractivity contribution in [2.24, 2.45) is 5.92 Å². The van der Waals surface area contributed by atoms with E-state index in [9.17, 15) is 9.59 Å². The molecule has 0 atom stereocenters. The number of methoxy groups -OCH3 is 1. The van der Waals surface area contributed by atoms with E-state index in [-0.39, 0.29) is 17.7 Å². The number of aryl methyl sites for hydroxylation is 2. The Morgan fingerprint density at radius 3 is 2.64 bits per heavy atom. The normalized spacial score (nSPS) is 14.0. The number of rotatable bonds is 4. The Morgan fingerprint density at radius 1 is 1.14 bits per heavy atom. The van der Waals surface area contributed by atoms with Gasteiger partial charge < -0.3 is 19.9 Å². The van der Waals surface area contributed by atoms with Crippen LogP contribution >= 0.6 is 0 Å². The average Bonchev–Trinajstić information content (AvgIpc) is 2.94. The Balaban J connectivity index is 1.44. The SMILES string of the molecule is COc1cccc(NC(=O)C2CN(C(=O)c3cccc4[nH]c(C)c(C)c34)C2)c1. The zero-order chi connectivity index (χ0) is 19.8. The minimum Gasteiger partial charge on any atom is -0.497 e. The predicted molar refractivity (Wildman–Crippen MR) is 109 cm³/mol. The van der Waals surface area contributed by atoms with Crippen molar-refractivity contribution in [3.63, 3.8) is 0 Å². The van der Waals surface area contributed by atoms with Crippen LogP contribution in [-0.4, -0.2) is 41.9 Å². The molecule has 2 heterocycles. The minimum absolute atomic E-state index is 0.0295. The maximum absolute atomic E-state index is 13.0. The van der Waals surface area contributed by atoms with Gasteiger partial charge in [-0.05, 0) is 43.7 Å². The molecule has 0 bridgehead atoms. The third kappa shape index (κ3) is 3.11. The summed E-state index contributed by atoms with van der Waals surface area (Å²) < 4.78 is 5.17. The van der Waals surface area contributed by atoms with Gasteiger partial charge in [-0.1, -0.05) is 12.1 Å². The second-order valence-corrected chi connectivity index (χ2v) is 7.23. The van der Waals surface area contributed by atoms with Gasteiger partial charge in [0.25, 0.3) is 5.91 Å². The van der Waals surface area contributed by atoms with E-state index in [4.69, 9.17) is 4.74 Å². The van der Waals surface area contributed by atoms with Crippen LogP contribution in [0.25, 0.3) is 10.9 Å². The Hall–Kier alpha value is -3.28. The molecule has 3 aromatic rings. The van der Waals surface area contributed by atoms with Gasteiger partial charge in [-0.25, -0.2) is 0 Å². The Kier molecular flexibility index (Phi) is 4.55. The fourth-order valence-electron chi connectivity index (χ4n) is 3.65. The van der Waals surface area contributed by atoms with Gasteiger partial charge in [0.15, 0.2) is 0 Å². The first-order valence-corrected chi connectivity index (χ1v) is 9.30. The number of carbonyl (C=O) groups is 2. The lowest BCUT2D eigenvalue weighted by atomic mass is 9.96. The Bertz CT molecular complexity index is 1060. The van der Waals surface area contributed by atoms with E-state index >= 15 is 0 Å². The molecular formula is C22H23N3O3. The van der Waals surface area contributed by atoms with E-state index in [1.807, 2.05) is 50.2 Å². The van der Waals surface area contributed by atoms with Crippen LogP contribution in [-0.2, 0) is 4.79 Å². The largest absolute Gasteiger partial charge is 0.497 e. The first-order valence-electron chi connectivity index (χ1n) is 9.30. The van der Waals surface area contributed by atoms with E-state index in [0.29, 0.717) is 30.1 Å². The van der Waals surface area contributed by atoms with Crippen LogP contribution in [0.5, 0.6) is 5.75 Å². The van der Waals surface area contributed by atoms with E-state index in [1.54, 1.807) is 18.1 Å². The van der Waals surface area contributed by atoms with Crippen LogP contribution in [0.4, 0.5) is 5.69 Å². The quantitative estimate of drug-likeness (QED) is 0.731. The number of ether oxygens (including phenoxy) is 1. The van der Waals surface area contributed by atoms with Crippen molar-refractivity contribution in [3.8, 4) is 5.75 Å². The van der Waals surface area contributed by atoms with Crippen LogP contribution in [0, 0.1) is 19.8 Å². The number of H-pyrrole nitrogens is 1. The van der Waals surface area contributed by atoms with Crippen molar-refractivity contribution in [2.45, 2.75) is 13.8 Å². The Morgan fingerprint density at radius 2 is 1.89 bits per heavy atom. The van der Waals surface area contributed by atoms with Crippen molar-refractivity contribution >= 4 is 28.4 Å². The monoisotopic (exact) mass is 377 g/mol. The van der Waals surface area contributed by atoms with E-state index < -0.39 is 0 Å². The average molecular weight is 377 g/mol. The van der Waals surface area contributed by atoms with Crippen molar-refractivity contribution < 1.29 is 14.3 Å². The molecule has 6 heteroatoms. The molecule has 2 aromatic carbocycles. The lowest BCUT2D eigenvalue weighted by molar-refractivity contribution is -0.123. The Labute approximate surface area is 163 Å². The number of aromatic amines is 1. The summed E-state index contributed by atoms with van der Waals surface area (Å²) >= 11 is 0. The summed E-state index contributed by atoms with van der Waals surface area (Å²) in [6.07, 6.45) is 0. The molecule has 0 radical (unpaired) electrons. The van der Waals surface area contributed by atoms with Crippen LogP contribution < -0.4 is 10.1 Å². The molecule has 2 N–H and O–H groups in total. The van der Waals surface area contributed by atoms with Gasteiger partial charge in [-0.2, -0.15) is 0 Å². The van der Waals surface area contributed by atoms with Gasteiger partial charge in [-0.3, -0.25) is 9.59 Å². The zero-order valence-electron chi connectivity index (χ0n) is 16.2. The number of nitrogens with one attached hydrogen (secondary N) is 2. The van der Waals surface area contributed by atoms with Crippen molar-refractivity contribution in [1.29, 1.82) is 0 Å². The van der Waals surface area contributed by atoms with Crippen LogP contribution in [0.3, 0.4) is 0 Å². The number of hydrogen-bond donors (Lipinski definition) is 2. The number of fused-ring (bicyclic) bond motifs is 1. The van der Waals surface area contributed by atoms with Crippen molar-refractivity contribution in [3.05, 3.63) is 59.3 Å². The van der Waals surface area contributed by atoms with E-state index in [2.05, 4.69) is 10.3 Å². The molecule has 6 nitrogen and oxygen atoms in total. The molecule has 144 valence electrons. The molecule has 1 aliphatic heterocycles. The number of anilines is 1. The summed E-state index contributed by atoms with van der Waals surface area (Å²) in [5.41, 5.74) is 4.50. The highest BCUT2D eigenvalue weighted by Crippen LogP contribution is 2.28. The number of nitrogens with zero attached hydrogens (tertiary/aromatic N) is 1. The van der Waals surface area contributed by atoms with Gasteiger partial charge in [0.2, 0.25) is 5.91 Å². The highest BCUT2D eigenvalue weighted by molar-refractivity contribution is 6.08. The molecule has 1 fully saturated rings. The smallest absolute Gasteiger partial charge is 0.254 e. The van der Waals surface area contributed by atoms with Gasteiger partial charge in [0.05, 0.1) is 13.0 Å². The maximum Gasteiger partial charge on any atom is 0.254 e. The second kappa shape index (κ2) is 7.03. The fourth-order valence-corrected chi connectivity index (χ4v) is 3.65. The van der Waals surface area contributed by atoms with Crippen molar-refractivity contribution in [2.75, 3.05) is 25.5 Å². The van der Waals surface area contributed by atoms with Gasteiger partial charge in [0, 0.05) is 47.0 Å². The first kappa shape index (κ1) is 18.1. The van der Waals surface area contributed by atoms with E-state index in [1.165, 1.54) is 0 Å². The lowest BCUT2D eigenvalue weighted by Gasteiger charge is -2.38. The molecule has 0 unspecified atom stereocenters.